The SMILES string of the molecule is CCOC(=O)OC1CC(C)CCN1C(=O)Cc1c(Cl)cccc1Cl. The van der Waals surface area contributed by atoms with E-state index in [1.54, 1.807) is 30.0 Å². The molecule has 1 fully saturated rings. The van der Waals surface area contributed by atoms with Crippen LogP contribution >= 0.6 is 23.2 Å². The van der Waals surface area contributed by atoms with Gasteiger partial charge in [0.1, 0.15) is 0 Å². The molecule has 5 nitrogen and oxygen atoms in total. The summed E-state index contributed by atoms with van der Waals surface area (Å²) in [6.07, 6.45) is 0.118. The Bertz CT molecular complexity index is 588. The van der Waals surface area contributed by atoms with E-state index in [0.29, 0.717) is 34.5 Å². The van der Waals surface area contributed by atoms with E-state index in [4.69, 9.17) is 32.7 Å². The predicted molar refractivity (Wildman–Crippen MR) is 92.2 cm³/mol. The second-order valence-electron chi connectivity index (χ2n) is 5.85. The maximum atomic E-state index is 12.7. The van der Waals surface area contributed by atoms with Gasteiger partial charge in [-0.05, 0) is 37.0 Å². The molecule has 0 N–H and O–H groups in total. The minimum Gasteiger partial charge on any atom is -0.435 e. The van der Waals surface area contributed by atoms with E-state index < -0.39 is 12.4 Å². The lowest BCUT2D eigenvalue weighted by Gasteiger charge is -2.37. The van der Waals surface area contributed by atoms with Crippen LogP contribution in [0.1, 0.15) is 32.3 Å². The zero-order valence-corrected chi connectivity index (χ0v) is 15.3. The van der Waals surface area contributed by atoms with Crippen molar-refractivity contribution < 1.29 is 19.1 Å². The first-order valence-corrected chi connectivity index (χ1v) is 8.73. The number of likely N-dealkylation sites (tertiary alicyclic amines) is 1. The fourth-order valence-electron chi connectivity index (χ4n) is 2.71. The molecule has 0 aliphatic carbocycles. The third-order valence-electron chi connectivity index (χ3n) is 4.02. The molecule has 1 amide bonds. The molecule has 1 saturated heterocycles. The molecule has 1 heterocycles. The molecule has 2 unspecified atom stereocenters. The van der Waals surface area contributed by atoms with Crippen LogP contribution < -0.4 is 0 Å². The van der Waals surface area contributed by atoms with Gasteiger partial charge < -0.3 is 14.4 Å². The largest absolute Gasteiger partial charge is 0.510 e. The monoisotopic (exact) mass is 373 g/mol. The maximum absolute atomic E-state index is 12.7. The Labute approximate surface area is 151 Å². The first kappa shape index (κ1) is 18.9. The third kappa shape index (κ3) is 4.77. The summed E-state index contributed by atoms with van der Waals surface area (Å²) in [6.45, 7) is 4.51. The summed E-state index contributed by atoms with van der Waals surface area (Å²) < 4.78 is 10.1. The molecular formula is C17H21Cl2NO4. The normalized spacial score (nSPS) is 20.6. The van der Waals surface area contributed by atoms with Crippen molar-refractivity contribution in [2.75, 3.05) is 13.2 Å². The fraction of sp³-hybridized carbons (Fsp3) is 0.529. The molecular weight excluding hydrogens is 353 g/mol. The van der Waals surface area contributed by atoms with Crippen molar-refractivity contribution in [1.29, 1.82) is 0 Å². The van der Waals surface area contributed by atoms with Crippen molar-refractivity contribution >= 4 is 35.3 Å². The smallest absolute Gasteiger partial charge is 0.435 e. The van der Waals surface area contributed by atoms with E-state index in [0.717, 1.165) is 6.42 Å². The van der Waals surface area contributed by atoms with Gasteiger partial charge in [0.05, 0.1) is 13.0 Å². The number of amides is 1. The van der Waals surface area contributed by atoms with E-state index >= 15 is 0 Å². The van der Waals surface area contributed by atoms with Gasteiger partial charge in [-0.15, -0.1) is 0 Å². The maximum Gasteiger partial charge on any atom is 0.510 e. The number of hydrogen-bond donors (Lipinski definition) is 0. The van der Waals surface area contributed by atoms with Crippen LogP contribution in [0.25, 0.3) is 0 Å². The Hall–Kier alpha value is -1.46. The third-order valence-corrected chi connectivity index (χ3v) is 4.73. The van der Waals surface area contributed by atoms with Crippen molar-refractivity contribution in [3.63, 3.8) is 0 Å². The van der Waals surface area contributed by atoms with Crippen molar-refractivity contribution in [2.24, 2.45) is 5.92 Å². The van der Waals surface area contributed by atoms with Crippen LogP contribution in [0.5, 0.6) is 0 Å². The van der Waals surface area contributed by atoms with E-state index in [-0.39, 0.29) is 18.9 Å². The summed E-state index contributed by atoms with van der Waals surface area (Å²) >= 11 is 12.3. The molecule has 132 valence electrons. The second-order valence-corrected chi connectivity index (χ2v) is 6.66. The number of halogens is 2. The first-order valence-electron chi connectivity index (χ1n) is 7.98. The standard InChI is InChI=1S/C17H21Cl2NO4/c1-3-23-17(22)24-16-9-11(2)7-8-20(16)15(21)10-12-13(18)5-4-6-14(12)19/h4-6,11,16H,3,7-10H2,1-2H3. The number of carbonyl (C=O) groups excluding carboxylic acids is 2. The summed E-state index contributed by atoms with van der Waals surface area (Å²) in [5, 5.41) is 0.896. The Morgan fingerprint density at radius 3 is 2.58 bits per heavy atom. The Kier molecular flexibility index (Phi) is 6.75. The molecule has 1 aliphatic heterocycles. The van der Waals surface area contributed by atoms with Gasteiger partial charge in [0.2, 0.25) is 5.91 Å². The van der Waals surface area contributed by atoms with E-state index in [1.165, 1.54) is 0 Å². The molecule has 24 heavy (non-hydrogen) atoms. The minimum absolute atomic E-state index is 0.0651. The summed E-state index contributed by atoms with van der Waals surface area (Å²) in [6, 6.07) is 5.12. The number of piperidine rings is 1. The number of benzene rings is 1. The van der Waals surface area contributed by atoms with Gasteiger partial charge in [-0.2, -0.15) is 0 Å². The van der Waals surface area contributed by atoms with Crippen molar-refractivity contribution in [3.8, 4) is 0 Å². The van der Waals surface area contributed by atoms with Gasteiger partial charge in [-0.1, -0.05) is 36.2 Å². The Balaban J connectivity index is 2.11. The van der Waals surface area contributed by atoms with Gasteiger partial charge in [0.15, 0.2) is 6.23 Å². The van der Waals surface area contributed by atoms with E-state index in [2.05, 4.69) is 6.92 Å². The number of hydrogen-bond acceptors (Lipinski definition) is 4. The number of carbonyl (C=O) groups is 2. The van der Waals surface area contributed by atoms with Gasteiger partial charge in [-0.3, -0.25) is 4.79 Å². The molecule has 0 spiro atoms. The molecule has 0 aromatic heterocycles. The van der Waals surface area contributed by atoms with Crippen molar-refractivity contribution in [2.45, 2.75) is 39.3 Å². The predicted octanol–water partition coefficient (Wildman–Crippen LogP) is 4.29. The molecule has 1 aromatic carbocycles. The first-order chi connectivity index (χ1) is 11.4. The topological polar surface area (TPSA) is 55.8 Å². The quantitative estimate of drug-likeness (QED) is 0.738. The molecule has 2 rings (SSSR count). The average Bonchev–Trinajstić information content (AvgIpc) is 2.51. The zero-order valence-electron chi connectivity index (χ0n) is 13.8. The average molecular weight is 374 g/mol. The fourth-order valence-corrected chi connectivity index (χ4v) is 3.24. The Morgan fingerprint density at radius 1 is 1.29 bits per heavy atom. The summed E-state index contributed by atoms with van der Waals surface area (Å²) in [5.74, 6) is 0.184. The van der Waals surface area contributed by atoms with Crippen molar-refractivity contribution in [3.05, 3.63) is 33.8 Å². The molecule has 1 aromatic rings. The molecule has 7 heteroatoms. The molecule has 1 aliphatic rings. The highest BCUT2D eigenvalue weighted by molar-refractivity contribution is 6.36. The van der Waals surface area contributed by atoms with Crippen LogP contribution in [0.3, 0.4) is 0 Å². The summed E-state index contributed by atoms with van der Waals surface area (Å²) in [4.78, 5) is 25.9. The van der Waals surface area contributed by atoms with Gasteiger partial charge >= 0.3 is 6.16 Å². The number of ether oxygens (including phenoxy) is 2. The second kappa shape index (κ2) is 8.58. The van der Waals surface area contributed by atoms with Crippen molar-refractivity contribution in [1.82, 2.24) is 4.90 Å². The minimum atomic E-state index is -0.759. The highest BCUT2D eigenvalue weighted by Gasteiger charge is 2.33. The van der Waals surface area contributed by atoms with E-state index in [1.807, 2.05) is 0 Å². The lowest BCUT2D eigenvalue weighted by Crippen LogP contribution is -2.48. The number of rotatable bonds is 4. The van der Waals surface area contributed by atoms with Crippen LogP contribution in [0, 0.1) is 5.92 Å². The Morgan fingerprint density at radius 2 is 1.96 bits per heavy atom. The molecule has 0 radical (unpaired) electrons. The lowest BCUT2D eigenvalue weighted by atomic mass is 9.97. The summed E-state index contributed by atoms with van der Waals surface area (Å²) in [5.41, 5.74) is 0.583. The number of nitrogens with zero attached hydrogens (tertiary/aromatic N) is 1. The van der Waals surface area contributed by atoms with Crippen LogP contribution in [-0.2, 0) is 20.7 Å². The van der Waals surface area contributed by atoms with Crippen LogP contribution in [0.2, 0.25) is 10.0 Å². The molecule has 0 bridgehead atoms. The highest BCUT2D eigenvalue weighted by Crippen LogP contribution is 2.28. The van der Waals surface area contributed by atoms with E-state index in [9.17, 15) is 9.59 Å². The van der Waals surface area contributed by atoms with Gasteiger partial charge in [0, 0.05) is 23.0 Å². The lowest BCUT2D eigenvalue weighted by molar-refractivity contribution is -0.147. The highest BCUT2D eigenvalue weighted by atomic mass is 35.5. The van der Waals surface area contributed by atoms with Gasteiger partial charge in [-0.25, -0.2) is 4.79 Å². The molecule has 0 saturated carbocycles. The molecule has 2 atom stereocenters. The van der Waals surface area contributed by atoms with Crippen LogP contribution in [0.4, 0.5) is 4.79 Å². The van der Waals surface area contributed by atoms with Crippen LogP contribution in [-0.4, -0.2) is 36.3 Å². The summed E-state index contributed by atoms with van der Waals surface area (Å²) in [7, 11) is 0. The van der Waals surface area contributed by atoms with Gasteiger partial charge in [0.25, 0.3) is 0 Å². The zero-order chi connectivity index (χ0) is 17.7. The van der Waals surface area contributed by atoms with Crippen LogP contribution in [0.15, 0.2) is 18.2 Å².